The van der Waals surface area contributed by atoms with Crippen molar-refractivity contribution in [2.75, 3.05) is 13.1 Å². The largest absolute Gasteiger partial charge is 0.389 e. The highest BCUT2D eigenvalue weighted by Gasteiger charge is 2.24. The van der Waals surface area contributed by atoms with Crippen LogP contribution in [0, 0.1) is 5.92 Å². The van der Waals surface area contributed by atoms with E-state index >= 15 is 0 Å². The fraction of sp³-hybridized carbons (Fsp3) is 1.00. The van der Waals surface area contributed by atoms with Gasteiger partial charge >= 0.3 is 6.18 Å². The minimum Gasteiger partial charge on any atom is -0.317 e. The third-order valence-electron chi connectivity index (χ3n) is 2.16. The molecule has 1 aliphatic rings. The van der Waals surface area contributed by atoms with Gasteiger partial charge in [-0.25, -0.2) is 0 Å². The third kappa shape index (κ3) is 9.84. The summed E-state index contributed by atoms with van der Waals surface area (Å²) < 4.78 is 33.2. The van der Waals surface area contributed by atoms with Crippen LogP contribution in [0.3, 0.4) is 0 Å². The second kappa shape index (κ2) is 7.10. The van der Waals surface area contributed by atoms with E-state index in [0.29, 0.717) is 0 Å². The first kappa shape index (κ1) is 13.8. The van der Waals surface area contributed by atoms with Gasteiger partial charge in [-0.2, -0.15) is 13.2 Å². The van der Waals surface area contributed by atoms with Gasteiger partial charge in [0.25, 0.3) is 0 Å². The highest BCUT2D eigenvalue weighted by atomic mass is 19.4. The first-order valence-electron chi connectivity index (χ1n) is 5.23. The van der Waals surface area contributed by atoms with Gasteiger partial charge in [0.05, 0.1) is 0 Å². The van der Waals surface area contributed by atoms with Crippen molar-refractivity contribution in [2.45, 2.75) is 45.7 Å². The van der Waals surface area contributed by atoms with Crippen LogP contribution in [0.4, 0.5) is 13.2 Å². The summed E-state index contributed by atoms with van der Waals surface area (Å²) in [5.74, 6) is 0.973. The molecule has 0 aliphatic carbocycles. The Hall–Kier alpha value is -0.250. The van der Waals surface area contributed by atoms with Crippen LogP contribution in [-0.2, 0) is 0 Å². The molecule has 86 valence electrons. The van der Waals surface area contributed by atoms with Crippen molar-refractivity contribution in [1.82, 2.24) is 5.32 Å². The molecule has 1 N–H and O–H groups in total. The first-order chi connectivity index (χ1) is 6.45. The normalized spacial score (nSPS) is 18.6. The van der Waals surface area contributed by atoms with Gasteiger partial charge in [0, 0.05) is 6.42 Å². The molecule has 0 saturated carbocycles. The van der Waals surface area contributed by atoms with E-state index in [4.69, 9.17) is 0 Å². The molecule has 1 nitrogen and oxygen atoms in total. The van der Waals surface area contributed by atoms with Crippen LogP contribution in [0.1, 0.15) is 39.5 Å². The quantitative estimate of drug-likeness (QED) is 0.701. The summed E-state index contributed by atoms with van der Waals surface area (Å²) in [6, 6.07) is 0. The molecule has 0 atom stereocenters. The lowest BCUT2D eigenvalue weighted by Crippen LogP contribution is -2.26. The van der Waals surface area contributed by atoms with Gasteiger partial charge in [0.15, 0.2) is 0 Å². The van der Waals surface area contributed by atoms with Crippen LogP contribution < -0.4 is 5.32 Å². The van der Waals surface area contributed by atoms with Gasteiger partial charge in [0.2, 0.25) is 0 Å². The zero-order valence-corrected chi connectivity index (χ0v) is 8.95. The topological polar surface area (TPSA) is 12.0 Å². The highest BCUT2D eigenvalue weighted by molar-refractivity contribution is 4.62. The van der Waals surface area contributed by atoms with Crippen LogP contribution in [-0.4, -0.2) is 19.3 Å². The molecule has 1 aliphatic heterocycles. The molecule has 0 spiro atoms. The smallest absolute Gasteiger partial charge is 0.317 e. The Balaban J connectivity index is 0.000000241. The number of hydrogen-bond acceptors (Lipinski definition) is 1. The van der Waals surface area contributed by atoms with Crippen molar-refractivity contribution in [3.05, 3.63) is 0 Å². The molecule has 1 saturated heterocycles. The van der Waals surface area contributed by atoms with Gasteiger partial charge in [-0.3, -0.25) is 0 Å². The second-order valence-corrected chi connectivity index (χ2v) is 3.80. The average Bonchev–Trinajstić information content (AvgIpc) is 2.04. The Labute approximate surface area is 84.1 Å². The Morgan fingerprint density at radius 1 is 1.21 bits per heavy atom. The molecule has 0 amide bonds. The number of alkyl halides is 3. The van der Waals surface area contributed by atoms with E-state index in [9.17, 15) is 13.2 Å². The Kier molecular flexibility index (Phi) is 6.97. The monoisotopic (exact) mass is 211 g/mol. The molecule has 1 heterocycles. The third-order valence-corrected chi connectivity index (χ3v) is 2.16. The van der Waals surface area contributed by atoms with Crippen LogP contribution in [0.25, 0.3) is 0 Å². The number of halogens is 3. The molecule has 0 aromatic rings. The number of rotatable bonds is 1. The number of nitrogens with one attached hydrogen (secondary N) is 1. The van der Waals surface area contributed by atoms with Gasteiger partial charge in [-0.1, -0.05) is 13.8 Å². The zero-order valence-electron chi connectivity index (χ0n) is 8.95. The van der Waals surface area contributed by atoms with Gasteiger partial charge in [0.1, 0.15) is 0 Å². The Bertz CT molecular complexity index is 128. The SMILES string of the molecule is CC1CCNCC1.CCCC(F)(F)F. The first-order valence-corrected chi connectivity index (χ1v) is 5.23. The maximum Gasteiger partial charge on any atom is 0.389 e. The molecule has 0 radical (unpaired) electrons. The second-order valence-electron chi connectivity index (χ2n) is 3.80. The molecule has 0 aromatic heterocycles. The minimum absolute atomic E-state index is 0.184. The molecule has 0 bridgehead atoms. The summed E-state index contributed by atoms with van der Waals surface area (Å²) in [5, 5.41) is 3.32. The maximum atomic E-state index is 11.1. The summed E-state index contributed by atoms with van der Waals surface area (Å²) in [6.07, 6.45) is -1.68. The fourth-order valence-corrected chi connectivity index (χ4v) is 1.25. The van der Waals surface area contributed by atoms with Crippen molar-refractivity contribution < 1.29 is 13.2 Å². The van der Waals surface area contributed by atoms with Crippen molar-refractivity contribution in [1.29, 1.82) is 0 Å². The minimum atomic E-state index is -3.95. The lowest BCUT2D eigenvalue weighted by Gasteiger charge is -2.17. The van der Waals surface area contributed by atoms with E-state index in [1.54, 1.807) is 0 Å². The summed E-state index contributed by atoms with van der Waals surface area (Å²) in [5.41, 5.74) is 0. The van der Waals surface area contributed by atoms with E-state index in [0.717, 1.165) is 5.92 Å². The van der Waals surface area contributed by atoms with Crippen LogP contribution in [0.2, 0.25) is 0 Å². The Morgan fingerprint density at radius 2 is 1.71 bits per heavy atom. The van der Waals surface area contributed by atoms with E-state index in [2.05, 4.69) is 12.2 Å². The summed E-state index contributed by atoms with van der Waals surface area (Å²) >= 11 is 0. The fourth-order valence-electron chi connectivity index (χ4n) is 1.25. The Morgan fingerprint density at radius 3 is 1.86 bits per heavy atom. The van der Waals surface area contributed by atoms with Gasteiger partial charge in [-0.15, -0.1) is 0 Å². The van der Waals surface area contributed by atoms with Crippen LogP contribution in [0.5, 0.6) is 0 Å². The highest BCUT2D eigenvalue weighted by Crippen LogP contribution is 2.20. The molecule has 14 heavy (non-hydrogen) atoms. The molecule has 0 unspecified atom stereocenters. The van der Waals surface area contributed by atoms with Crippen LogP contribution >= 0.6 is 0 Å². The summed E-state index contributed by atoms with van der Waals surface area (Å²) in [4.78, 5) is 0. The van der Waals surface area contributed by atoms with Crippen molar-refractivity contribution in [3.8, 4) is 0 Å². The van der Waals surface area contributed by atoms with E-state index in [1.165, 1.54) is 32.9 Å². The predicted octanol–water partition coefficient (Wildman–Crippen LogP) is 3.35. The summed E-state index contributed by atoms with van der Waals surface area (Å²) in [7, 11) is 0. The number of piperidine rings is 1. The van der Waals surface area contributed by atoms with Crippen molar-refractivity contribution in [3.63, 3.8) is 0 Å². The maximum absolute atomic E-state index is 11.1. The lowest BCUT2D eigenvalue weighted by atomic mass is 10.0. The lowest BCUT2D eigenvalue weighted by molar-refractivity contribution is -0.134. The van der Waals surface area contributed by atoms with Gasteiger partial charge in [-0.05, 0) is 38.3 Å². The zero-order chi connectivity index (χ0) is 11.0. The molecular weight excluding hydrogens is 191 g/mol. The van der Waals surface area contributed by atoms with Gasteiger partial charge < -0.3 is 5.32 Å². The molecule has 1 fully saturated rings. The molecule has 0 aromatic carbocycles. The standard InChI is InChI=1S/C6H13N.C4H7F3/c1-6-2-4-7-5-3-6;1-2-3-4(5,6)7/h6-7H,2-5H2,1H3;2-3H2,1H3. The van der Waals surface area contributed by atoms with E-state index < -0.39 is 12.6 Å². The molecule has 4 heteroatoms. The predicted molar refractivity (Wildman–Crippen MR) is 52.2 cm³/mol. The molecular formula is C10H20F3N. The average molecular weight is 211 g/mol. The van der Waals surface area contributed by atoms with E-state index in [1.807, 2.05) is 0 Å². The van der Waals surface area contributed by atoms with E-state index in [-0.39, 0.29) is 6.42 Å². The van der Waals surface area contributed by atoms with Crippen molar-refractivity contribution >= 4 is 0 Å². The summed E-state index contributed by atoms with van der Waals surface area (Å²) in [6.45, 7) is 6.30. The van der Waals surface area contributed by atoms with Crippen molar-refractivity contribution in [2.24, 2.45) is 5.92 Å². The van der Waals surface area contributed by atoms with Crippen LogP contribution in [0.15, 0.2) is 0 Å². The number of hydrogen-bond donors (Lipinski definition) is 1. The molecule has 1 rings (SSSR count).